The molecule has 4 unspecified atom stereocenters. The number of hydrogen-bond acceptors (Lipinski definition) is 6. The molecule has 2 fully saturated rings. The molecular formula is C17H24N6O2S. The first-order chi connectivity index (χ1) is 12.4. The highest BCUT2D eigenvalue weighted by molar-refractivity contribution is 7.89. The predicted molar refractivity (Wildman–Crippen MR) is 97.1 cm³/mol. The van der Waals surface area contributed by atoms with Crippen LogP contribution in [0.25, 0.3) is 5.82 Å². The first kappa shape index (κ1) is 17.6. The van der Waals surface area contributed by atoms with Crippen molar-refractivity contribution in [3.8, 4) is 5.82 Å². The second kappa shape index (κ2) is 6.73. The number of nitrogens with zero attached hydrogens (tertiary/aromatic N) is 3. The highest BCUT2D eigenvalue weighted by atomic mass is 32.2. The van der Waals surface area contributed by atoms with Crippen LogP contribution in [0.3, 0.4) is 0 Å². The molecule has 2 aliphatic rings. The van der Waals surface area contributed by atoms with Crippen molar-refractivity contribution < 1.29 is 8.42 Å². The van der Waals surface area contributed by atoms with Gasteiger partial charge in [0.1, 0.15) is 4.90 Å². The van der Waals surface area contributed by atoms with E-state index in [0.29, 0.717) is 11.9 Å². The van der Waals surface area contributed by atoms with Crippen LogP contribution in [-0.4, -0.2) is 41.3 Å². The molecule has 1 aliphatic heterocycles. The largest absolute Gasteiger partial charge is 0.254 e. The Hall–Kier alpha value is -1.81. The summed E-state index contributed by atoms with van der Waals surface area (Å²) in [6.07, 6.45) is 7.49. The summed E-state index contributed by atoms with van der Waals surface area (Å²) in [4.78, 5) is 4.40. The molecule has 4 atom stereocenters. The molecule has 0 bridgehead atoms. The molecule has 3 heterocycles. The van der Waals surface area contributed by atoms with Crippen LogP contribution in [0.15, 0.2) is 35.6 Å². The van der Waals surface area contributed by atoms with E-state index in [1.807, 2.05) is 19.1 Å². The van der Waals surface area contributed by atoms with Gasteiger partial charge in [-0.2, -0.15) is 5.10 Å². The maximum Gasteiger partial charge on any atom is 0.243 e. The molecule has 2 aromatic rings. The van der Waals surface area contributed by atoms with Crippen LogP contribution in [0.5, 0.6) is 0 Å². The lowest BCUT2D eigenvalue weighted by atomic mass is 9.79. The lowest BCUT2D eigenvalue weighted by Gasteiger charge is -2.34. The third kappa shape index (κ3) is 3.27. The van der Waals surface area contributed by atoms with Crippen LogP contribution in [-0.2, 0) is 10.0 Å². The number of hydrogen-bond donors (Lipinski definition) is 3. The van der Waals surface area contributed by atoms with Crippen molar-refractivity contribution in [2.24, 2.45) is 5.92 Å². The molecule has 0 aromatic carbocycles. The average Bonchev–Trinajstić information content (AvgIpc) is 3.23. The monoisotopic (exact) mass is 376 g/mol. The zero-order valence-electron chi connectivity index (χ0n) is 14.9. The minimum atomic E-state index is -3.64. The molecule has 140 valence electrons. The number of aromatic nitrogens is 3. The quantitative estimate of drug-likeness (QED) is 0.733. The molecule has 1 saturated carbocycles. The smallest absolute Gasteiger partial charge is 0.243 e. The van der Waals surface area contributed by atoms with E-state index in [9.17, 15) is 8.42 Å². The summed E-state index contributed by atoms with van der Waals surface area (Å²) in [7, 11) is -3.64. The number of sulfonamides is 1. The molecule has 4 rings (SSSR count). The maximum atomic E-state index is 12.9. The van der Waals surface area contributed by atoms with E-state index in [1.165, 1.54) is 17.1 Å². The highest BCUT2D eigenvalue weighted by Gasteiger charge is 2.42. The molecule has 0 radical (unpaired) electrons. The van der Waals surface area contributed by atoms with E-state index in [1.54, 1.807) is 6.20 Å². The van der Waals surface area contributed by atoms with Gasteiger partial charge in [-0.3, -0.25) is 10.9 Å². The van der Waals surface area contributed by atoms with Gasteiger partial charge in [0.15, 0.2) is 5.82 Å². The summed E-state index contributed by atoms with van der Waals surface area (Å²) in [5, 5.41) is 4.18. The van der Waals surface area contributed by atoms with Crippen molar-refractivity contribution in [3.05, 3.63) is 36.3 Å². The zero-order chi connectivity index (χ0) is 18.3. The Morgan fingerprint density at radius 2 is 2.15 bits per heavy atom. The summed E-state index contributed by atoms with van der Waals surface area (Å²) in [5.41, 5.74) is 7.56. The van der Waals surface area contributed by atoms with Crippen LogP contribution < -0.4 is 15.6 Å². The summed E-state index contributed by atoms with van der Waals surface area (Å²) in [6, 6.07) is 4.20. The summed E-state index contributed by atoms with van der Waals surface area (Å²) in [5.74, 6) is 0.842. The van der Waals surface area contributed by atoms with Gasteiger partial charge in [0, 0.05) is 30.2 Å². The van der Waals surface area contributed by atoms with E-state index in [-0.39, 0.29) is 22.9 Å². The Labute approximate surface area is 153 Å². The van der Waals surface area contributed by atoms with Crippen molar-refractivity contribution in [2.75, 3.05) is 0 Å². The van der Waals surface area contributed by atoms with Crippen molar-refractivity contribution in [1.82, 2.24) is 30.3 Å². The van der Waals surface area contributed by atoms with Crippen molar-refractivity contribution >= 4 is 10.0 Å². The van der Waals surface area contributed by atoms with Crippen molar-refractivity contribution in [3.63, 3.8) is 0 Å². The maximum absolute atomic E-state index is 12.9. The number of fused-ring (bicyclic) bond motifs is 1. The summed E-state index contributed by atoms with van der Waals surface area (Å²) < 4.78 is 30.2. The molecule has 1 aliphatic carbocycles. The van der Waals surface area contributed by atoms with E-state index in [4.69, 9.17) is 0 Å². The number of aryl methyl sites for hydroxylation is 1. The summed E-state index contributed by atoms with van der Waals surface area (Å²) >= 11 is 0. The summed E-state index contributed by atoms with van der Waals surface area (Å²) in [6.45, 7) is 4.05. The second-order valence-corrected chi connectivity index (χ2v) is 8.95. The van der Waals surface area contributed by atoms with E-state index in [0.717, 1.165) is 24.8 Å². The van der Waals surface area contributed by atoms with Gasteiger partial charge in [0.05, 0.1) is 12.4 Å². The molecule has 3 N–H and O–H groups in total. The lowest BCUT2D eigenvalue weighted by molar-refractivity contribution is 0.255. The number of hydrazine groups is 1. The standard InChI is InChI=1S/C17H24N6O2S/c1-11-6-7-18-16(8-11)23-10-13(9-19-23)26(24,25)22-15-5-3-4-14-17(15)12(2)20-21-14/h6-10,12,14-15,17,20-22H,3-5H2,1-2H3. The van der Waals surface area contributed by atoms with Crippen molar-refractivity contribution in [1.29, 1.82) is 0 Å². The predicted octanol–water partition coefficient (Wildman–Crippen LogP) is 0.888. The van der Waals surface area contributed by atoms with Gasteiger partial charge in [-0.25, -0.2) is 22.8 Å². The SMILES string of the molecule is Cc1ccnc(-n2cc(S(=O)(=O)NC3CCCC4NNC(C)C43)cn2)c1. The van der Waals surface area contributed by atoms with Gasteiger partial charge in [-0.1, -0.05) is 6.42 Å². The van der Waals surface area contributed by atoms with Gasteiger partial charge in [-0.15, -0.1) is 0 Å². The minimum Gasteiger partial charge on any atom is -0.254 e. The Bertz CT molecular complexity index is 894. The number of pyridine rings is 1. The van der Waals surface area contributed by atoms with Gasteiger partial charge in [0.2, 0.25) is 10.0 Å². The van der Waals surface area contributed by atoms with E-state index >= 15 is 0 Å². The van der Waals surface area contributed by atoms with E-state index < -0.39 is 10.0 Å². The molecule has 0 spiro atoms. The number of rotatable bonds is 4. The van der Waals surface area contributed by atoms with Crippen LogP contribution in [0.4, 0.5) is 0 Å². The second-order valence-electron chi connectivity index (χ2n) is 7.23. The molecule has 26 heavy (non-hydrogen) atoms. The fourth-order valence-electron chi connectivity index (χ4n) is 4.04. The van der Waals surface area contributed by atoms with Crippen LogP contribution >= 0.6 is 0 Å². The fourth-order valence-corrected chi connectivity index (χ4v) is 5.28. The molecular weight excluding hydrogens is 352 g/mol. The first-order valence-electron chi connectivity index (χ1n) is 8.95. The molecule has 1 saturated heterocycles. The van der Waals surface area contributed by atoms with Crippen LogP contribution in [0, 0.1) is 12.8 Å². The normalized spacial score (nSPS) is 28.8. The van der Waals surface area contributed by atoms with Gasteiger partial charge in [-0.05, 0) is 44.4 Å². The molecule has 2 aromatic heterocycles. The highest BCUT2D eigenvalue weighted by Crippen LogP contribution is 2.31. The third-order valence-corrected chi connectivity index (χ3v) is 6.79. The topological polar surface area (TPSA) is 101 Å². The Morgan fingerprint density at radius 3 is 2.96 bits per heavy atom. The third-order valence-electron chi connectivity index (χ3n) is 5.34. The average molecular weight is 376 g/mol. The van der Waals surface area contributed by atoms with Crippen molar-refractivity contribution in [2.45, 2.75) is 56.1 Å². The molecule has 0 amide bonds. The molecule has 8 nitrogen and oxygen atoms in total. The van der Waals surface area contributed by atoms with Crippen LogP contribution in [0.1, 0.15) is 31.7 Å². The first-order valence-corrected chi connectivity index (χ1v) is 10.4. The van der Waals surface area contributed by atoms with Gasteiger partial charge in [0.25, 0.3) is 0 Å². The minimum absolute atomic E-state index is 0.0864. The van der Waals surface area contributed by atoms with E-state index in [2.05, 4.69) is 32.6 Å². The Balaban J connectivity index is 1.55. The van der Waals surface area contributed by atoms with Gasteiger partial charge >= 0.3 is 0 Å². The lowest BCUT2D eigenvalue weighted by Crippen LogP contribution is -2.49. The fraction of sp³-hybridized carbons (Fsp3) is 0.529. The van der Waals surface area contributed by atoms with Crippen LogP contribution in [0.2, 0.25) is 0 Å². The zero-order valence-corrected chi connectivity index (χ0v) is 15.7. The number of nitrogens with one attached hydrogen (secondary N) is 3. The van der Waals surface area contributed by atoms with Gasteiger partial charge < -0.3 is 0 Å². The molecule has 9 heteroatoms. The Morgan fingerprint density at radius 1 is 1.31 bits per heavy atom. The Kier molecular flexibility index (Phi) is 4.55.